The number of para-hydroxylation sites is 1. The lowest BCUT2D eigenvalue weighted by Crippen LogP contribution is -2.26. The van der Waals surface area contributed by atoms with Crippen molar-refractivity contribution in [3.05, 3.63) is 71.9 Å². The van der Waals surface area contributed by atoms with E-state index in [4.69, 9.17) is 4.74 Å². The third kappa shape index (κ3) is 4.11. The molecule has 3 aromatic rings. The number of carbonyl (C=O) groups is 1. The third-order valence-electron chi connectivity index (χ3n) is 3.78. The Balaban J connectivity index is 1.80. The van der Waals surface area contributed by atoms with E-state index in [0.29, 0.717) is 17.1 Å². The van der Waals surface area contributed by atoms with Gasteiger partial charge < -0.3 is 10.1 Å². The molecular formula is C21H23N3O2. The number of ether oxygens (including phenoxy) is 1. The monoisotopic (exact) mass is 349 g/mol. The van der Waals surface area contributed by atoms with Crippen molar-refractivity contribution in [2.24, 2.45) is 0 Å². The van der Waals surface area contributed by atoms with Gasteiger partial charge in [0, 0.05) is 11.6 Å². The number of nitrogens with one attached hydrogen (secondary N) is 1. The van der Waals surface area contributed by atoms with Gasteiger partial charge in [0.05, 0.1) is 11.2 Å². The van der Waals surface area contributed by atoms with Crippen molar-refractivity contribution in [3.63, 3.8) is 0 Å². The summed E-state index contributed by atoms with van der Waals surface area (Å²) in [6, 6.07) is 18.5. The van der Waals surface area contributed by atoms with Gasteiger partial charge in [-0.3, -0.25) is 4.79 Å². The minimum absolute atomic E-state index is 0.200. The first-order chi connectivity index (χ1) is 12.3. The summed E-state index contributed by atoms with van der Waals surface area (Å²) in [5.41, 5.74) is 1.16. The molecule has 0 spiro atoms. The van der Waals surface area contributed by atoms with Crippen LogP contribution in [0.25, 0.3) is 0 Å². The Labute approximate surface area is 153 Å². The number of amides is 1. The van der Waals surface area contributed by atoms with Crippen LogP contribution in [0.5, 0.6) is 11.5 Å². The average molecular weight is 349 g/mol. The van der Waals surface area contributed by atoms with Crippen LogP contribution in [0.3, 0.4) is 0 Å². The lowest BCUT2D eigenvalue weighted by molar-refractivity contribution is 0.102. The van der Waals surface area contributed by atoms with Gasteiger partial charge in [0.2, 0.25) is 0 Å². The summed E-state index contributed by atoms with van der Waals surface area (Å²) >= 11 is 0. The second kappa shape index (κ2) is 7.04. The molecule has 26 heavy (non-hydrogen) atoms. The minimum atomic E-state index is -0.227. The fraction of sp³-hybridized carbons (Fsp3) is 0.238. The van der Waals surface area contributed by atoms with E-state index in [1.807, 2.05) is 74.8 Å². The summed E-state index contributed by atoms with van der Waals surface area (Å²) < 4.78 is 7.63. The second-order valence-electron chi connectivity index (χ2n) is 7.15. The molecule has 1 N–H and O–H groups in total. The number of benzene rings is 2. The zero-order valence-corrected chi connectivity index (χ0v) is 15.5. The first kappa shape index (κ1) is 17.7. The van der Waals surface area contributed by atoms with E-state index in [9.17, 15) is 4.79 Å². The van der Waals surface area contributed by atoms with Crippen molar-refractivity contribution < 1.29 is 9.53 Å². The highest BCUT2D eigenvalue weighted by molar-refractivity contribution is 6.04. The number of hydrogen-bond acceptors (Lipinski definition) is 3. The van der Waals surface area contributed by atoms with Crippen LogP contribution in [0.4, 0.5) is 5.82 Å². The molecule has 1 amide bonds. The SMILES string of the molecule is Cc1cc(NC(=O)c2cccc(Oc3ccccc3)c2)n(C(C)(C)C)n1. The topological polar surface area (TPSA) is 56.1 Å². The van der Waals surface area contributed by atoms with Gasteiger partial charge in [-0.25, -0.2) is 4.68 Å². The predicted octanol–water partition coefficient (Wildman–Crippen LogP) is 4.99. The summed E-state index contributed by atoms with van der Waals surface area (Å²) in [5, 5.41) is 7.43. The number of anilines is 1. The molecule has 0 saturated carbocycles. The molecule has 0 atom stereocenters. The van der Waals surface area contributed by atoms with Crippen LogP contribution in [-0.2, 0) is 5.54 Å². The number of nitrogens with zero attached hydrogens (tertiary/aromatic N) is 2. The van der Waals surface area contributed by atoms with Crippen molar-refractivity contribution in [2.75, 3.05) is 5.32 Å². The Morgan fingerprint density at radius 2 is 1.69 bits per heavy atom. The maximum atomic E-state index is 12.7. The van der Waals surface area contributed by atoms with Crippen LogP contribution in [0, 0.1) is 6.92 Å². The van der Waals surface area contributed by atoms with Crippen molar-refractivity contribution in [1.29, 1.82) is 0 Å². The van der Waals surface area contributed by atoms with Crippen LogP contribution < -0.4 is 10.1 Å². The van der Waals surface area contributed by atoms with Crippen LogP contribution >= 0.6 is 0 Å². The Kier molecular flexibility index (Phi) is 4.80. The average Bonchev–Trinajstić information content (AvgIpc) is 2.97. The van der Waals surface area contributed by atoms with Crippen LogP contribution in [0.1, 0.15) is 36.8 Å². The van der Waals surface area contributed by atoms with E-state index in [1.54, 1.807) is 18.2 Å². The van der Waals surface area contributed by atoms with Gasteiger partial charge in [-0.05, 0) is 58.0 Å². The number of aromatic nitrogens is 2. The van der Waals surface area contributed by atoms with E-state index in [1.165, 1.54) is 0 Å². The molecule has 0 aliphatic rings. The predicted molar refractivity (Wildman–Crippen MR) is 103 cm³/mol. The summed E-state index contributed by atoms with van der Waals surface area (Å²) in [7, 11) is 0. The fourth-order valence-electron chi connectivity index (χ4n) is 2.61. The summed E-state index contributed by atoms with van der Waals surface area (Å²) in [4.78, 5) is 12.7. The quantitative estimate of drug-likeness (QED) is 0.722. The first-order valence-electron chi connectivity index (χ1n) is 8.54. The highest BCUT2D eigenvalue weighted by Gasteiger charge is 2.20. The molecule has 134 valence electrons. The summed E-state index contributed by atoms with van der Waals surface area (Å²) in [6.45, 7) is 8.04. The van der Waals surface area contributed by atoms with Crippen LogP contribution in [0.15, 0.2) is 60.7 Å². The second-order valence-corrected chi connectivity index (χ2v) is 7.15. The lowest BCUT2D eigenvalue weighted by atomic mass is 10.1. The molecule has 0 fully saturated rings. The highest BCUT2D eigenvalue weighted by Crippen LogP contribution is 2.24. The van der Waals surface area contributed by atoms with E-state index < -0.39 is 0 Å². The molecule has 0 unspecified atom stereocenters. The Morgan fingerprint density at radius 1 is 1.00 bits per heavy atom. The van der Waals surface area contributed by atoms with E-state index in [0.717, 1.165) is 11.4 Å². The molecule has 0 bridgehead atoms. The lowest BCUT2D eigenvalue weighted by Gasteiger charge is -2.22. The number of aryl methyl sites for hydroxylation is 1. The van der Waals surface area contributed by atoms with Crippen molar-refractivity contribution in [2.45, 2.75) is 33.2 Å². The van der Waals surface area contributed by atoms with E-state index in [2.05, 4.69) is 10.4 Å². The first-order valence-corrected chi connectivity index (χ1v) is 8.54. The molecular weight excluding hydrogens is 326 g/mol. The molecule has 1 aromatic heterocycles. The fourth-order valence-corrected chi connectivity index (χ4v) is 2.61. The Bertz CT molecular complexity index is 909. The van der Waals surface area contributed by atoms with Gasteiger partial charge in [-0.15, -0.1) is 0 Å². The maximum Gasteiger partial charge on any atom is 0.256 e. The third-order valence-corrected chi connectivity index (χ3v) is 3.78. The van der Waals surface area contributed by atoms with Crippen LogP contribution in [-0.4, -0.2) is 15.7 Å². The number of hydrogen-bond donors (Lipinski definition) is 1. The molecule has 0 aliphatic carbocycles. The standard InChI is InChI=1S/C21H23N3O2/c1-15-13-19(24(23-15)21(2,3)4)22-20(25)16-9-8-12-18(14-16)26-17-10-6-5-7-11-17/h5-14H,1-4H3,(H,22,25). The van der Waals surface area contributed by atoms with Crippen molar-refractivity contribution in [1.82, 2.24) is 9.78 Å². The van der Waals surface area contributed by atoms with Gasteiger partial charge in [-0.2, -0.15) is 5.10 Å². The molecule has 5 heteroatoms. The molecule has 2 aromatic carbocycles. The Morgan fingerprint density at radius 3 is 2.38 bits per heavy atom. The zero-order valence-electron chi connectivity index (χ0n) is 15.5. The Hall–Kier alpha value is -3.08. The van der Waals surface area contributed by atoms with Gasteiger partial charge in [0.15, 0.2) is 0 Å². The minimum Gasteiger partial charge on any atom is -0.457 e. The molecule has 0 radical (unpaired) electrons. The molecule has 0 saturated heterocycles. The molecule has 3 rings (SSSR count). The number of carbonyl (C=O) groups excluding carboxylic acids is 1. The van der Waals surface area contributed by atoms with E-state index in [-0.39, 0.29) is 11.4 Å². The number of rotatable bonds is 4. The van der Waals surface area contributed by atoms with Crippen molar-refractivity contribution in [3.8, 4) is 11.5 Å². The van der Waals surface area contributed by atoms with Gasteiger partial charge >= 0.3 is 0 Å². The molecule has 5 nitrogen and oxygen atoms in total. The maximum absolute atomic E-state index is 12.7. The molecule has 0 aliphatic heterocycles. The highest BCUT2D eigenvalue weighted by atomic mass is 16.5. The van der Waals surface area contributed by atoms with Gasteiger partial charge in [0.1, 0.15) is 17.3 Å². The summed E-state index contributed by atoms with van der Waals surface area (Å²) in [5.74, 6) is 1.82. The van der Waals surface area contributed by atoms with Gasteiger partial charge in [-0.1, -0.05) is 24.3 Å². The smallest absolute Gasteiger partial charge is 0.256 e. The van der Waals surface area contributed by atoms with Crippen molar-refractivity contribution >= 4 is 11.7 Å². The van der Waals surface area contributed by atoms with E-state index >= 15 is 0 Å². The van der Waals surface area contributed by atoms with Crippen LogP contribution in [0.2, 0.25) is 0 Å². The summed E-state index contributed by atoms with van der Waals surface area (Å²) in [6.07, 6.45) is 0. The normalized spacial score (nSPS) is 11.2. The van der Waals surface area contributed by atoms with Gasteiger partial charge in [0.25, 0.3) is 5.91 Å². The zero-order chi connectivity index (χ0) is 18.7. The largest absolute Gasteiger partial charge is 0.457 e. The molecule has 1 heterocycles.